The van der Waals surface area contributed by atoms with E-state index in [2.05, 4.69) is 14.2 Å². The van der Waals surface area contributed by atoms with Crippen LogP contribution in [0.4, 0.5) is 4.79 Å². The van der Waals surface area contributed by atoms with E-state index < -0.39 is 51.4 Å². The number of esters is 1. The predicted molar refractivity (Wildman–Crippen MR) is 159 cm³/mol. The number of methoxy groups -OCH3 is 2. The topological polar surface area (TPSA) is 183 Å². The number of ketones is 2. The molecule has 0 unspecified atom stereocenters. The summed E-state index contributed by atoms with van der Waals surface area (Å²) in [6.07, 6.45) is -1.32. The first-order valence-electron chi connectivity index (χ1n) is 13.5. The van der Waals surface area contributed by atoms with Gasteiger partial charge in [0.05, 0.1) is 24.6 Å². The number of carbonyl (C=O) groups is 4. The highest BCUT2D eigenvalue weighted by Crippen LogP contribution is 2.32. The number of benzene rings is 2. The Morgan fingerprint density at radius 1 is 1.00 bits per heavy atom. The van der Waals surface area contributed by atoms with Crippen LogP contribution in [0.15, 0.2) is 47.4 Å². The van der Waals surface area contributed by atoms with Gasteiger partial charge in [0.2, 0.25) is 15.8 Å². The number of fused-ring (bicyclic) bond motifs is 1. The number of Topliss-reactive ketones (excluding diaryl/α,β-unsaturated/α-hetero) is 2. The third-order valence-corrected chi connectivity index (χ3v) is 7.98. The summed E-state index contributed by atoms with van der Waals surface area (Å²) in [7, 11) is -1.47. The number of rotatable bonds is 12. The van der Waals surface area contributed by atoms with Crippen molar-refractivity contribution in [2.45, 2.75) is 57.5 Å². The lowest BCUT2D eigenvalue weighted by Gasteiger charge is -2.21. The second-order valence-electron chi connectivity index (χ2n) is 10.8. The maximum atomic E-state index is 13.5. The largest absolute Gasteiger partial charge is 0.497 e. The van der Waals surface area contributed by atoms with Crippen molar-refractivity contribution in [1.82, 2.24) is 9.29 Å². The van der Waals surface area contributed by atoms with Gasteiger partial charge in [-0.2, -0.15) is 4.79 Å². The van der Waals surface area contributed by atoms with Gasteiger partial charge in [0, 0.05) is 24.0 Å². The van der Waals surface area contributed by atoms with Gasteiger partial charge in [-0.15, -0.1) is 0 Å². The van der Waals surface area contributed by atoms with Gasteiger partial charge >= 0.3 is 23.6 Å². The van der Waals surface area contributed by atoms with Crippen molar-refractivity contribution in [3.05, 3.63) is 64.8 Å². The average Bonchev–Trinajstić information content (AvgIpc) is 3.27. The minimum absolute atomic E-state index is 0.0774. The first kappa shape index (κ1) is 33.8. The lowest BCUT2D eigenvalue weighted by Crippen LogP contribution is -2.33. The Morgan fingerprint density at radius 3 is 2.23 bits per heavy atom. The summed E-state index contributed by atoms with van der Waals surface area (Å²) < 4.78 is 45.1. The highest BCUT2D eigenvalue weighted by Gasteiger charge is 2.36. The standard InChI is InChI=1S/C30H34N4O9S/c1-18-7-10-20(11-8-18)44(39,40)32-16-15-21-22-17-19(41-5)9-12-24(22)34(29(38)43-30(2,3)4)23(21)13-14-25(35)26(33-31)27(36)28(37)42-6/h7-12,17,32H,13-16H2,1-6H3. The van der Waals surface area contributed by atoms with Crippen LogP contribution in [0.1, 0.15) is 44.0 Å². The number of hydrogen-bond donors (Lipinski definition) is 1. The smallest absolute Gasteiger partial charge is 0.419 e. The number of carbonyl (C=O) groups excluding carboxylic acids is 4. The molecule has 1 heterocycles. The Labute approximate surface area is 254 Å². The molecule has 14 heteroatoms. The molecule has 0 fully saturated rings. The summed E-state index contributed by atoms with van der Waals surface area (Å²) in [4.78, 5) is 53.1. The van der Waals surface area contributed by atoms with Crippen molar-refractivity contribution >= 4 is 50.3 Å². The van der Waals surface area contributed by atoms with Crippen LogP contribution < -0.4 is 9.46 Å². The molecule has 13 nitrogen and oxygen atoms in total. The summed E-state index contributed by atoms with van der Waals surface area (Å²) in [5.41, 5.74) is 9.47. The Hall–Kier alpha value is -4.65. The molecule has 44 heavy (non-hydrogen) atoms. The minimum Gasteiger partial charge on any atom is -0.497 e. The fourth-order valence-electron chi connectivity index (χ4n) is 4.45. The van der Waals surface area contributed by atoms with Crippen molar-refractivity contribution in [2.75, 3.05) is 20.8 Å². The molecule has 1 aromatic heterocycles. The Balaban J connectivity index is 2.08. The normalized spacial score (nSPS) is 11.5. The quantitative estimate of drug-likeness (QED) is 0.0788. The zero-order valence-electron chi connectivity index (χ0n) is 25.3. The summed E-state index contributed by atoms with van der Waals surface area (Å²) in [5, 5.41) is 0.536. The van der Waals surface area contributed by atoms with E-state index in [0.29, 0.717) is 22.2 Å². The van der Waals surface area contributed by atoms with Crippen molar-refractivity contribution < 1.29 is 46.6 Å². The lowest BCUT2D eigenvalue weighted by atomic mass is 10.0. The van der Waals surface area contributed by atoms with Crippen molar-refractivity contribution in [1.29, 1.82) is 0 Å². The van der Waals surface area contributed by atoms with E-state index in [0.717, 1.165) is 12.7 Å². The molecule has 234 valence electrons. The van der Waals surface area contributed by atoms with Gasteiger partial charge in [-0.1, -0.05) is 17.7 Å². The number of nitrogens with zero attached hydrogens (tertiary/aromatic N) is 3. The van der Waals surface area contributed by atoms with Gasteiger partial charge in [0.1, 0.15) is 11.4 Å². The molecular formula is C30H34N4O9S. The van der Waals surface area contributed by atoms with Crippen LogP contribution in [0.2, 0.25) is 0 Å². The number of aryl methyl sites for hydroxylation is 1. The van der Waals surface area contributed by atoms with Gasteiger partial charge < -0.3 is 19.7 Å². The Kier molecular flexibility index (Phi) is 10.6. The zero-order valence-corrected chi connectivity index (χ0v) is 26.1. The van der Waals surface area contributed by atoms with Crippen molar-refractivity contribution in [2.24, 2.45) is 0 Å². The molecule has 2 aromatic carbocycles. The molecule has 0 bridgehead atoms. The number of hydrogen-bond acceptors (Lipinski definition) is 9. The van der Waals surface area contributed by atoms with E-state index in [-0.39, 0.29) is 30.0 Å². The number of aromatic nitrogens is 1. The van der Waals surface area contributed by atoms with Gasteiger partial charge in [0.15, 0.2) is 0 Å². The minimum atomic E-state index is -3.87. The molecule has 3 aromatic rings. The average molecular weight is 627 g/mol. The molecule has 0 saturated heterocycles. The molecule has 0 radical (unpaired) electrons. The summed E-state index contributed by atoms with van der Waals surface area (Å²) in [6.45, 7) is 6.82. The van der Waals surface area contributed by atoms with Crippen molar-refractivity contribution in [3.63, 3.8) is 0 Å². The molecule has 3 rings (SSSR count). The first-order chi connectivity index (χ1) is 20.6. The SMILES string of the molecule is COC(=O)C(=O)C(=[N+]=[N-])C(=O)CCc1c(CCNS(=O)(=O)c2ccc(C)cc2)c2cc(OC)ccc2n1C(=O)OC(C)(C)C. The second kappa shape index (κ2) is 13.8. The highest BCUT2D eigenvalue weighted by atomic mass is 32.2. The molecule has 0 aliphatic carbocycles. The lowest BCUT2D eigenvalue weighted by molar-refractivity contribution is -0.150. The fourth-order valence-corrected chi connectivity index (χ4v) is 5.48. The maximum absolute atomic E-state index is 13.5. The van der Waals surface area contributed by atoms with Gasteiger partial charge in [0.25, 0.3) is 0 Å². The Bertz CT molecular complexity index is 1760. The van der Waals surface area contributed by atoms with Crippen LogP contribution in [-0.2, 0) is 46.7 Å². The molecule has 0 aliphatic heterocycles. The second-order valence-corrected chi connectivity index (χ2v) is 12.5. The van der Waals surface area contributed by atoms with Crippen molar-refractivity contribution in [3.8, 4) is 5.75 Å². The van der Waals surface area contributed by atoms with Crippen LogP contribution in [0.25, 0.3) is 16.4 Å². The summed E-state index contributed by atoms with van der Waals surface area (Å²) >= 11 is 0. The van der Waals surface area contributed by atoms with Crippen LogP contribution in [0.3, 0.4) is 0 Å². The van der Waals surface area contributed by atoms with Crippen LogP contribution in [0.5, 0.6) is 5.75 Å². The molecular weight excluding hydrogens is 592 g/mol. The van der Waals surface area contributed by atoms with E-state index in [1.807, 2.05) is 6.92 Å². The summed E-state index contributed by atoms with van der Waals surface area (Å²) in [6, 6.07) is 11.3. The van der Waals surface area contributed by atoms with Crippen LogP contribution in [0, 0.1) is 6.92 Å². The van der Waals surface area contributed by atoms with Crippen LogP contribution in [-0.4, -0.2) is 73.5 Å². The van der Waals surface area contributed by atoms with Gasteiger partial charge in [-0.3, -0.25) is 9.59 Å². The Morgan fingerprint density at radius 2 is 1.66 bits per heavy atom. The molecule has 0 atom stereocenters. The zero-order chi connectivity index (χ0) is 32.8. The third-order valence-electron chi connectivity index (χ3n) is 6.50. The predicted octanol–water partition coefficient (Wildman–Crippen LogP) is 3.18. The number of sulfonamides is 1. The van der Waals surface area contributed by atoms with E-state index in [9.17, 15) is 33.1 Å². The van der Waals surface area contributed by atoms with E-state index in [1.54, 1.807) is 51.1 Å². The molecule has 0 spiro atoms. The maximum Gasteiger partial charge on any atom is 0.419 e. The van der Waals surface area contributed by atoms with Crippen LogP contribution >= 0.6 is 0 Å². The van der Waals surface area contributed by atoms with E-state index in [4.69, 9.17) is 9.47 Å². The monoisotopic (exact) mass is 626 g/mol. The van der Waals surface area contributed by atoms with Gasteiger partial charge in [-0.25, -0.2) is 27.3 Å². The first-order valence-corrected chi connectivity index (χ1v) is 15.0. The fraction of sp³-hybridized carbons (Fsp3) is 0.367. The summed E-state index contributed by atoms with van der Waals surface area (Å²) in [5.74, 6) is -3.33. The van der Waals surface area contributed by atoms with Gasteiger partial charge in [-0.05, 0) is 76.4 Å². The molecule has 0 saturated carbocycles. The highest BCUT2D eigenvalue weighted by molar-refractivity contribution is 7.89. The number of nitrogens with one attached hydrogen (secondary N) is 1. The molecule has 1 N–H and O–H groups in total. The molecule has 0 aliphatic rings. The molecule has 0 amide bonds. The van der Waals surface area contributed by atoms with E-state index in [1.165, 1.54) is 23.8 Å². The third kappa shape index (κ3) is 7.84. The number of ether oxygens (including phenoxy) is 3. The van der Waals surface area contributed by atoms with E-state index >= 15 is 0 Å².